The molecule has 0 bridgehead atoms. The van der Waals surface area contributed by atoms with E-state index in [1.54, 1.807) is 0 Å². The molecular weight excluding hydrogens is 302 g/mol. The standard InChI is InChI=1S/C19H27N3O2/c1-21-9-10-24-17-12-22(11-16(17)21)13-18(23)20-19(15-7-8-15)14-5-3-2-4-6-14/h2-6,15-17,19H,7-13H2,1H3,(H,20,23). The number of ether oxygens (including phenoxy) is 1. The first kappa shape index (κ1) is 16.1. The summed E-state index contributed by atoms with van der Waals surface area (Å²) in [6.07, 6.45) is 2.68. The number of amides is 1. The molecule has 4 rings (SSSR count). The van der Waals surface area contributed by atoms with E-state index in [1.807, 2.05) is 6.07 Å². The Morgan fingerprint density at radius 2 is 2.08 bits per heavy atom. The van der Waals surface area contributed by atoms with Crippen molar-refractivity contribution < 1.29 is 9.53 Å². The molecule has 2 heterocycles. The zero-order valence-electron chi connectivity index (χ0n) is 14.4. The fraction of sp³-hybridized carbons (Fsp3) is 0.632. The molecule has 1 N–H and O–H groups in total. The first-order valence-corrected chi connectivity index (χ1v) is 9.09. The van der Waals surface area contributed by atoms with E-state index in [2.05, 4.69) is 46.4 Å². The smallest absolute Gasteiger partial charge is 0.234 e. The average molecular weight is 329 g/mol. The molecule has 1 amide bonds. The Bertz CT molecular complexity index is 575. The number of hydrogen-bond acceptors (Lipinski definition) is 4. The molecule has 0 aromatic heterocycles. The molecule has 1 aliphatic carbocycles. The van der Waals surface area contributed by atoms with Gasteiger partial charge in [-0.15, -0.1) is 0 Å². The molecule has 1 saturated carbocycles. The van der Waals surface area contributed by atoms with E-state index < -0.39 is 0 Å². The number of morpholine rings is 1. The summed E-state index contributed by atoms with van der Waals surface area (Å²) in [7, 11) is 2.16. The maximum Gasteiger partial charge on any atom is 0.234 e. The Hall–Kier alpha value is -1.43. The molecule has 5 nitrogen and oxygen atoms in total. The second-order valence-electron chi connectivity index (χ2n) is 7.44. The van der Waals surface area contributed by atoms with Crippen LogP contribution in [0, 0.1) is 5.92 Å². The maximum atomic E-state index is 12.6. The molecule has 3 aliphatic rings. The highest BCUT2D eigenvalue weighted by Gasteiger charge is 2.39. The minimum atomic E-state index is 0.136. The van der Waals surface area contributed by atoms with Crippen LogP contribution in [0.2, 0.25) is 0 Å². The Labute approximate surface area is 144 Å². The predicted octanol–water partition coefficient (Wildman–Crippen LogP) is 1.27. The van der Waals surface area contributed by atoms with Crippen molar-refractivity contribution in [2.45, 2.75) is 31.0 Å². The van der Waals surface area contributed by atoms with Crippen molar-refractivity contribution in [1.82, 2.24) is 15.1 Å². The topological polar surface area (TPSA) is 44.8 Å². The third-order valence-electron chi connectivity index (χ3n) is 5.59. The second-order valence-corrected chi connectivity index (χ2v) is 7.44. The Balaban J connectivity index is 1.34. The van der Waals surface area contributed by atoms with Crippen LogP contribution in [0.3, 0.4) is 0 Å². The van der Waals surface area contributed by atoms with Crippen molar-refractivity contribution in [1.29, 1.82) is 0 Å². The number of rotatable bonds is 5. The van der Waals surface area contributed by atoms with Crippen molar-refractivity contribution in [2.75, 3.05) is 39.8 Å². The van der Waals surface area contributed by atoms with Gasteiger partial charge < -0.3 is 10.1 Å². The number of likely N-dealkylation sites (tertiary alicyclic amines) is 1. The number of carbonyl (C=O) groups excluding carboxylic acids is 1. The van der Waals surface area contributed by atoms with Crippen LogP contribution in [0.4, 0.5) is 0 Å². The molecule has 24 heavy (non-hydrogen) atoms. The van der Waals surface area contributed by atoms with Gasteiger partial charge in [0.2, 0.25) is 5.91 Å². The van der Waals surface area contributed by atoms with Gasteiger partial charge in [-0.3, -0.25) is 14.6 Å². The zero-order valence-corrected chi connectivity index (χ0v) is 14.4. The molecule has 3 fully saturated rings. The molecule has 2 saturated heterocycles. The van der Waals surface area contributed by atoms with E-state index >= 15 is 0 Å². The molecule has 5 heteroatoms. The van der Waals surface area contributed by atoms with E-state index in [9.17, 15) is 4.79 Å². The highest BCUT2D eigenvalue weighted by molar-refractivity contribution is 5.78. The van der Waals surface area contributed by atoms with Crippen LogP contribution in [-0.2, 0) is 9.53 Å². The summed E-state index contributed by atoms with van der Waals surface area (Å²) >= 11 is 0. The highest BCUT2D eigenvalue weighted by Crippen LogP contribution is 2.40. The number of benzene rings is 1. The molecule has 0 spiro atoms. The van der Waals surface area contributed by atoms with Crippen LogP contribution >= 0.6 is 0 Å². The van der Waals surface area contributed by atoms with E-state index in [0.717, 1.165) is 26.2 Å². The molecule has 1 aromatic carbocycles. The monoisotopic (exact) mass is 329 g/mol. The second kappa shape index (κ2) is 6.82. The lowest BCUT2D eigenvalue weighted by Crippen LogP contribution is -2.48. The van der Waals surface area contributed by atoms with Crippen LogP contribution in [0.25, 0.3) is 0 Å². The van der Waals surface area contributed by atoms with Gasteiger partial charge in [0.25, 0.3) is 0 Å². The SMILES string of the molecule is CN1CCOC2CN(CC(=O)NC(c3ccccc3)C3CC3)CC21. The molecular formula is C19H27N3O2. The summed E-state index contributed by atoms with van der Waals surface area (Å²) in [5.41, 5.74) is 1.23. The van der Waals surface area contributed by atoms with Crippen molar-refractivity contribution in [3.05, 3.63) is 35.9 Å². The minimum absolute atomic E-state index is 0.136. The Kier molecular flexibility index (Phi) is 4.57. The van der Waals surface area contributed by atoms with Gasteiger partial charge in [-0.05, 0) is 31.4 Å². The lowest BCUT2D eigenvalue weighted by Gasteiger charge is -2.33. The van der Waals surface area contributed by atoms with Crippen LogP contribution in [-0.4, -0.2) is 67.7 Å². The van der Waals surface area contributed by atoms with E-state index in [-0.39, 0.29) is 18.1 Å². The van der Waals surface area contributed by atoms with E-state index in [1.165, 1.54) is 18.4 Å². The van der Waals surface area contributed by atoms with Gasteiger partial charge in [0.15, 0.2) is 0 Å². The lowest BCUT2D eigenvalue weighted by molar-refractivity contribution is -0.123. The molecule has 1 aromatic rings. The average Bonchev–Trinajstić information content (AvgIpc) is 3.34. The molecule has 130 valence electrons. The maximum absolute atomic E-state index is 12.6. The summed E-state index contributed by atoms with van der Waals surface area (Å²) in [4.78, 5) is 17.2. The summed E-state index contributed by atoms with van der Waals surface area (Å²) in [6.45, 7) is 4.05. The van der Waals surface area contributed by atoms with Crippen LogP contribution < -0.4 is 5.32 Å². The van der Waals surface area contributed by atoms with Gasteiger partial charge in [-0.25, -0.2) is 0 Å². The van der Waals surface area contributed by atoms with Gasteiger partial charge in [0.1, 0.15) is 0 Å². The molecule has 0 radical (unpaired) electrons. The number of fused-ring (bicyclic) bond motifs is 1. The first-order valence-electron chi connectivity index (χ1n) is 9.09. The third-order valence-corrected chi connectivity index (χ3v) is 5.59. The number of likely N-dealkylation sites (N-methyl/N-ethyl adjacent to an activating group) is 1. The number of carbonyl (C=O) groups is 1. The highest BCUT2D eigenvalue weighted by atomic mass is 16.5. The van der Waals surface area contributed by atoms with Crippen molar-refractivity contribution >= 4 is 5.91 Å². The Morgan fingerprint density at radius 3 is 2.79 bits per heavy atom. The summed E-state index contributed by atoms with van der Waals surface area (Å²) < 4.78 is 5.87. The van der Waals surface area contributed by atoms with Crippen LogP contribution in [0.5, 0.6) is 0 Å². The van der Waals surface area contributed by atoms with Gasteiger partial charge in [-0.2, -0.15) is 0 Å². The van der Waals surface area contributed by atoms with Gasteiger partial charge in [0.05, 0.1) is 25.3 Å². The van der Waals surface area contributed by atoms with Crippen molar-refractivity contribution in [2.24, 2.45) is 5.92 Å². The van der Waals surface area contributed by atoms with E-state index in [4.69, 9.17) is 4.74 Å². The van der Waals surface area contributed by atoms with Crippen molar-refractivity contribution in [3.63, 3.8) is 0 Å². The molecule has 3 unspecified atom stereocenters. The predicted molar refractivity (Wildman–Crippen MR) is 92.6 cm³/mol. The number of hydrogen-bond donors (Lipinski definition) is 1. The zero-order chi connectivity index (χ0) is 16.5. The molecule has 2 aliphatic heterocycles. The first-order chi connectivity index (χ1) is 11.7. The summed E-state index contributed by atoms with van der Waals surface area (Å²) in [6, 6.07) is 11.0. The minimum Gasteiger partial charge on any atom is -0.374 e. The normalized spacial score (nSPS) is 29.2. The largest absolute Gasteiger partial charge is 0.374 e. The quantitative estimate of drug-likeness (QED) is 0.884. The van der Waals surface area contributed by atoms with Gasteiger partial charge in [0, 0.05) is 25.7 Å². The third kappa shape index (κ3) is 3.48. The van der Waals surface area contributed by atoms with Gasteiger partial charge >= 0.3 is 0 Å². The van der Waals surface area contributed by atoms with Gasteiger partial charge in [-0.1, -0.05) is 30.3 Å². The van der Waals surface area contributed by atoms with E-state index in [0.29, 0.717) is 18.5 Å². The van der Waals surface area contributed by atoms with Crippen LogP contribution in [0.15, 0.2) is 30.3 Å². The van der Waals surface area contributed by atoms with Crippen molar-refractivity contribution in [3.8, 4) is 0 Å². The Morgan fingerprint density at radius 1 is 1.29 bits per heavy atom. The fourth-order valence-corrected chi connectivity index (χ4v) is 4.05. The van der Waals surface area contributed by atoms with Crippen LogP contribution in [0.1, 0.15) is 24.4 Å². The number of nitrogens with one attached hydrogen (secondary N) is 1. The lowest BCUT2D eigenvalue weighted by atomic mass is 10.0. The fourth-order valence-electron chi connectivity index (χ4n) is 4.05. The summed E-state index contributed by atoms with van der Waals surface area (Å²) in [5.74, 6) is 0.740. The number of nitrogens with zero attached hydrogens (tertiary/aromatic N) is 2. The summed E-state index contributed by atoms with van der Waals surface area (Å²) in [5, 5.41) is 3.28. The molecule has 3 atom stereocenters.